The average molecular weight is 626 g/mol. The van der Waals surface area contributed by atoms with Crippen molar-refractivity contribution in [3.63, 3.8) is 0 Å². The van der Waals surface area contributed by atoms with Gasteiger partial charge in [-0.2, -0.15) is 5.10 Å². The van der Waals surface area contributed by atoms with Crippen LogP contribution < -0.4 is 20.2 Å². The Balaban J connectivity index is 1.48. The van der Waals surface area contributed by atoms with Crippen LogP contribution in [0.4, 0.5) is 4.79 Å². The average Bonchev–Trinajstić information content (AvgIpc) is 3.34. The van der Waals surface area contributed by atoms with E-state index in [1.165, 1.54) is 6.21 Å². The molecule has 0 aliphatic carbocycles. The predicted molar refractivity (Wildman–Crippen MR) is 154 cm³/mol. The van der Waals surface area contributed by atoms with Crippen LogP contribution >= 0.6 is 22.6 Å². The Morgan fingerprint density at radius 2 is 1.82 bits per heavy atom. The monoisotopic (exact) mass is 626 g/mol. The molecule has 0 saturated carbocycles. The van der Waals surface area contributed by atoms with E-state index in [1.54, 1.807) is 20.3 Å². The first-order valence-electron chi connectivity index (χ1n) is 11.7. The number of carbonyl (C=O) groups is 2. The minimum absolute atomic E-state index is 0.0875. The highest BCUT2D eigenvalue weighted by Crippen LogP contribution is 2.33. The van der Waals surface area contributed by atoms with Crippen LogP contribution in [-0.4, -0.2) is 43.5 Å². The van der Waals surface area contributed by atoms with E-state index in [2.05, 4.69) is 43.4 Å². The number of methoxy groups -OCH3 is 2. The first-order chi connectivity index (χ1) is 18.5. The number of aromatic amines is 1. The van der Waals surface area contributed by atoms with Gasteiger partial charge in [0.2, 0.25) is 0 Å². The van der Waals surface area contributed by atoms with Crippen LogP contribution in [0.5, 0.6) is 11.5 Å². The second-order valence-corrected chi connectivity index (χ2v) is 9.46. The van der Waals surface area contributed by atoms with Gasteiger partial charge < -0.3 is 24.5 Å². The number of hydrogen-bond donors (Lipinski definition) is 3. The van der Waals surface area contributed by atoms with Crippen molar-refractivity contribution < 1.29 is 23.8 Å². The Hall–Kier alpha value is -4.06. The molecule has 1 aromatic heterocycles. The van der Waals surface area contributed by atoms with Gasteiger partial charge in [-0.3, -0.25) is 4.79 Å². The zero-order valence-electron chi connectivity index (χ0n) is 20.9. The van der Waals surface area contributed by atoms with Gasteiger partial charge in [-0.1, -0.05) is 48.5 Å². The molecule has 0 bridgehead atoms. The molecule has 3 aromatic carbocycles. The van der Waals surface area contributed by atoms with Crippen molar-refractivity contribution >= 4 is 51.7 Å². The van der Waals surface area contributed by atoms with Crippen molar-refractivity contribution in [2.24, 2.45) is 5.10 Å². The smallest absolute Gasteiger partial charge is 0.408 e. The topological polar surface area (TPSA) is 114 Å². The highest BCUT2D eigenvalue weighted by molar-refractivity contribution is 14.1. The molecule has 196 valence electrons. The van der Waals surface area contributed by atoms with Crippen molar-refractivity contribution in [1.29, 1.82) is 0 Å². The third-order valence-corrected chi connectivity index (χ3v) is 6.57. The molecule has 4 rings (SSSR count). The lowest BCUT2D eigenvalue weighted by Crippen LogP contribution is -2.47. The van der Waals surface area contributed by atoms with Gasteiger partial charge in [0, 0.05) is 23.5 Å². The number of amides is 2. The SMILES string of the molecule is COc1cc(/C=N\NC(=O)[C@@H](Cc2c[nH]c3ccccc23)NC(=O)OCc2ccccc2)cc(I)c1OC. The fourth-order valence-corrected chi connectivity index (χ4v) is 4.74. The molecule has 9 nitrogen and oxygen atoms in total. The minimum Gasteiger partial charge on any atom is -0.493 e. The van der Waals surface area contributed by atoms with E-state index in [4.69, 9.17) is 14.2 Å². The van der Waals surface area contributed by atoms with E-state index in [9.17, 15) is 9.59 Å². The number of benzene rings is 3. The number of rotatable bonds is 10. The molecule has 0 radical (unpaired) electrons. The zero-order chi connectivity index (χ0) is 26.9. The fraction of sp³-hybridized carbons (Fsp3) is 0.179. The van der Waals surface area contributed by atoms with Crippen molar-refractivity contribution in [3.8, 4) is 11.5 Å². The number of nitrogens with one attached hydrogen (secondary N) is 3. The summed E-state index contributed by atoms with van der Waals surface area (Å²) in [6, 6.07) is 19.7. The van der Waals surface area contributed by atoms with E-state index in [1.807, 2.05) is 66.9 Å². The lowest BCUT2D eigenvalue weighted by molar-refractivity contribution is -0.123. The van der Waals surface area contributed by atoms with Gasteiger partial charge in [0.1, 0.15) is 12.6 Å². The number of aromatic nitrogens is 1. The number of hydrogen-bond acceptors (Lipinski definition) is 6. The van der Waals surface area contributed by atoms with Crippen molar-refractivity contribution in [2.45, 2.75) is 19.1 Å². The summed E-state index contributed by atoms with van der Waals surface area (Å²) in [6.07, 6.45) is 2.86. The molecule has 0 aliphatic rings. The Labute approximate surface area is 233 Å². The molecule has 0 fully saturated rings. The molecule has 1 heterocycles. The normalized spacial score (nSPS) is 11.8. The van der Waals surface area contributed by atoms with Crippen LogP contribution in [0.3, 0.4) is 0 Å². The third-order valence-electron chi connectivity index (χ3n) is 5.76. The molecule has 4 aromatic rings. The highest BCUT2D eigenvalue weighted by Gasteiger charge is 2.23. The maximum atomic E-state index is 13.1. The van der Waals surface area contributed by atoms with Crippen LogP contribution in [0.15, 0.2) is 78.0 Å². The molecule has 0 saturated heterocycles. The number of para-hydroxylation sites is 1. The number of nitrogens with zero attached hydrogens (tertiary/aromatic N) is 1. The quantitative estimate of drug-likeness (QED) is 0.133. The molecule has 1 atom stereocenters. The number of fused-ring (bicyclic) bond motifs is 1. The largest absolute Gasteiger partial charge is 0.493 e. The molecule has 0 unspecified atom stereocenters. The standard InChI is InChI=1S/C28H27IN4O5/c1-36-25-13-19(12-22(29)26(25)37-2)15-31-33-27(34)24(14-20-16-30-23-11-7-6-10-21(20)23)32-28(35)38-17-18-8-4-3-5-9-18/h3-13,15-16,24,30H,14,17H2,1-2H3,(H,32,35)(H,33,34)/b31-15-/t24-/m1/s1. The number of ether oxygens (including phenoxy) is 3. The van der Waals surface area contributed by atoms with Gasteiger partial charge in [0.25, 0.3) is 5.91 Å². The maximum Gasteiger partial charge on any atom is 0.408 e. The molecular weight excluding hydrogens is 599 g/mol. The Bertz CT molecular complexity index is 1440. The number of halogens is 1. The van der Waals surface area contributed by atoms with Gasteiger partial charge in [0.05, 0.1) is 24.0 Å². The van der Waals surface area contributed by atoms with E-state index in [0.29, 0.717) is 17.1 Å². The van der Waals surface area contributed by atoms with Crippen molar-refractivity contribution in [1.82, 2.24) is 15.7 Å². The summed E-state index contributed by atoms with van der Waals surface area (Å²) in [5, 5.41) is 7.75. The lowest BCUT2D eigenvalue weighted by Gasteiger charge is -2.17. The Morgan fingerprint density at radius 1 is 1.05 bits per heavy atom. The molecule has 2 amide bonds. The fourth-order valence-electron chi connectivity index (χ4n) is 3.90. The second-order valence-electron chi connectivity index (χ2n) is 8.29. The van der Waals surface area contributed by atoms with E-state index >= 15 is 0 Å². The van der Waals surface area contributed by atoms with Gasteiger partial charge in [0.15, 0.2) is 11.5 Å². The third kappa shape index (κ3) is 6.82. The molecule has 38 heavy (non-hydrogen) atoms. The molecule has 0 aliphatic heterocycles. The summed E-state index contributed by atoms with van der Waals surface area (Å²) in [4.78, 5) is 28.9. The first-order valence-corrected chi connectivity index (χ1v) is 12.8. The van der Waals surface area contributed by atoms with Gasteiger partial charge in [-0.15, -0.1) is 0 Å². The summed E-state index contributed by atoms with van der Waals surface area (Å²) in [6.45, 7) is 0.0875. The first kappa shape index (κ1) is 27.0. The lowest BCUT2D eigenvalue weighted by atomic mass is 10.0. The zero-order valence-corrected chi connectivity index (χ0v) is 23.0. The molecular formula is C28H27IN4O5. The number of H-pyrrole nitrogens is 1. The molecule has 0 spiro atoms. The summed E-state index contributed by atoms with van der Waals surface area (Å²) in [7, 11) is 3.12. The van der Waals surface area contributed by atoms with Crippen LogP contribution in [0.2, 0.25) is 0 Å². The molecule has 10 heteroatoms. The number of carbonyl (C=O) groups excluding carboxylic acids is 2. The van der Waals surface area contributed by atoms with Crippen LogP contribution in [0.1, 0.15) is 16.7 Å². The van der Waals surface area contributed by atoms with Gasteiger partial charge in [-0.25, -0.2) is 10.2 Å². The van der Waals surface area contributed by atoms with E-state index in [-0.39, 0.29) is 13.0 Å². The van der Waals surface area contributed by atoms with Crippen molar-refractivity contribution in [2.75, 3.05) is 14.2 Å². The number of alkyl carbamates (subject to hydrolysis) is 1. The maximum absolute atomic E-state index is 13.1. The van der Waals surface area contributed by atoms with Crippen LogP contribution in [0.25, 0.3) is 10.9 Å². The Kier molecular flexibility index (Phi) is 9.20. The van der Waals surface area contributed by atoms with Crippen molar-refractivity contribution in [3.05, 3.63) is 93.2 Å². The van der Waals surface area contributed by atoms with Crippen LogP contribution in [-0.2, 0) is 22.6 Å². The summed E-state index contributed by atoms with van der Waals surface area (Å²) in [5.74, 6) is 0.678. The highest BCUT2D eigenvalue weighted by atomic mass is 127. The van der Waals surface area contributed by atoms with Gasteiger partial charge >= 0.3 is 6.09 Å². The predicted octanol–water partition coefficient (Wildman–Crippen LogP) is 4.78. The molecule has 3 N–H and O–H groups in total. The second kappa shape index (κ2) is 13.0. The number of hydrazone groups is 1. The Morgan fingerprint density at radius 3 is 2.58 bits per heavy atom. The van der Waals surface area contributed by atoms with Crippen LogP contribution in [0, 0.1) is 3.57 Å². The van der Waals surface area contributed by atoms with E-state index < -0.39 is 18.0 Å². The minimum atomic E-state index is -0.930. The summed E-state index contributed by atoms with van der Waals surface area (Å²) in [5.41, 5.74) is 5.90. The van der Waals surface area contributed by atoms with Gasteiger partial charge in [-0.05, 0) is 57.5 Å². The van der Waals surface area contributed by atoms with E-state index in [0.717, 1.165) is 25.6 Å². The summed E-state index contributed by atoms with van der Waals surface area (Å²) < 4.78 is 16.9. The summed E-state index contributed by atoms with van der Waals surface area (Å²) >= 11 is 2.14.